The van der Waals surface area contributed by atoms with Gasteiger partial charge in [-0.25, -0.2) is 0 Å². The predicted molar refractivity (Wildman–Crippen MR) is 63.7 cm³/mol. The molecule has 104 valence electrons. The third kappa shape index (κ3) is 4.12. The maximum absolute atomic E-state index is 12.2. The smallest absolute Gasteiger partial charge is 0.387 e. The molecule has 0 atom stereocenters. The SMILES string of the molecule is O=C(O)Cc1cc(OC(F)F)c([N+](=O)[O-])cc1CBr. The molecule has 9 heteroatoms. The minimum atomic E-state index is -3.23. The zero-order valence-electron chi connectivity index (χ0n) is 9.31. The Morgan fingerprint density at radius 2 is 2.11 bits per heavy atom. The number of alkyl halides is 3. The van der Waals surface area contributed by atoms with E-state index in [4.69, 9.17) is 5.11 Å². The minimum Gasteiger partial charge on any atom is -0.481 e. The second-order valence-electron chi connectivity index (χ2n) is 3.43. The van der Waals surface area contributed by atoms with E-state index < -0.39 is 35.4 Å². The van der Waals surface area contributed by atoms with E-state index in [0.29, 0.717) is 5.56 Å². The quantitative estimate of drug-likeness (QED) is 0.489. The summed E-state index contributed by atoms with van der Waals surface area (Å²) in [5, 5.41) is 19.6. The van der Waals surface area contributed by atoms with Gasteiger partial charge in [-0.2, -0.15) is 8.78 Å². The van der Waals surface area contributed by atoms with Gasteiger partial charge in [0.15, 0.2) is 0 Å². The van der Waals surface area contributed by atoms with Gasteiger partial charge in [-0.05, 0) is 17.2 Å². The lowest BCUT2D eigenvalue weighted by Gasteiger charge is -2.10. The van der Waals surface area contributed by atoms with Gasteiger partial charge in [0.1, 0.15) is 0 Å². The van der Waals surface area contributed by atoms with Crippen LogP contribution in [0.4, 0.5) is 14.5 Å². The molecule has 0 fully saturated rings. The number of carboxylic acids is 1. The van der Waals surface area contributed by atoms with Crippen LogP contribution in [0.5, 0.6) is 5.75 Å². The van der Waals surface area contributed by atoms with E-state index in [1.54, 1.807) is 0 Å². The van der Waals surface area contributed by atoms with Crippen LogP contribution in [0.2, 0.25) is 0 Å². The Labute approximate surface area is 114 Å². The highest BCUT2D eigenvalue weighted by molar-refractivity contribution is 9.08. The van der Waals surface area contributed by atoms with E-state index in [1.807, 2.05) is 0 Å². The number of nitro benzene ring substituents is 1. The molecule has 0 aromatic heterocycles. The minimum absolute atomic E-state index is 0.158. The molecule has 0 aliphatic carbocycles. The fraction of sp³-hybridized carbons (Fsp3) is 0.300. The van der Waals surface area contributed by atoms with Crippen LogP contribution < -0.4 is 4.74 Å². The van der Waals surface area contributed by atoms with Gasteiger partial charge in [-0.3, -0.25) is 14.9 Å². The van der Waals surface area contributed by atoms with Crippen molar-refractivity contribution in [3.8, 4) is 5.75 Å². The van der Waals surface area contributed by atoms with Gasteiger partial charge < -0.3 is 9.84 Å². The highest BCUT2D eigenvalue weighted by Gasteiger charge is 2.22. The van der Waals surface area contributed by atoms with Crippen molar-refractivity contribution >= 4 is 27.6 Å². The van der Waals surface area contributed by atoms with Gasteiger partial charge >= 0.3 is 18.3 Å². The standard InChI is InChI=1S/C10H8BrF2NO5/c11-4-6-1-7(14(17)18)8(19-10(12)13)2-5(6)3-9(15)16/h1-2,10H,3-4H2,(H,15,16). The van der Waals surface area contributed by atoms with Gasteiger partial charge in [0, 0.05) is 11.4 Å². The molecule has 6 nitrogen and oxygen atoms in total. The summed E-state index contributed by atoms with van der Waals surface area (Å²) in [4.78, 5) is 20.5. The van der Waals surface area contributed by atoms with E-state index in [9.17, 15) is 23.7 Å². The van der Waals surface area contributed by atoms with Crippen molar-refractivity contribution in [2.45, 2.75) is 18.4 Å². The zero-order valence-corrected chi connectivity index (χ0v) is 10.9. The summed E-state index contributed by atoms with van der Waals surface area (Å²) in [6.07, 6.45) is -0.446. The topological polar surface area (TPSA) is 89.7 Å². The second kappa shape index (κ2) is 6.41. The Kier molecular flexibility index (Phi) is 5.16. The summed E-state index contributed by atoms with van der Waals surface area (Å²) < 4.78 is 28.4. The molecule has 0 saturated heterocycles. The van der Waals surface area contributed by atoms with E-state index in [0.717, 1.165) is 12.1 Å². The number of carbonyl (C=O) groups is 1. The summed E-state index contributed by atoms with van der Waals surface area (Å²) in [5.41, 5.74) is -0.134. The number of nitro groups is 1. The molecule has 1 N–H and O–H groups in total. The molecular weight excluding hydrogens is 332 g/mol. The summed E-state index contributed by atoms with van der Waals surface area (Å²) in [6, 6.07) is 1.97. The van der Waals surface area contributed by atoms with Crippen LogP contribution in [0.25, 0.3) is 0 Å². The van der Waals surface area contributed by atoms with Crippen LogP contribution in [0, 0.1) is 10.1 Å². The summed E-state index contributed by atoms with van der Waals surface area (Å²) in [6.45, 7) is -3.23. The zero-order chi connectivity index (χ0) is 14.6. The molecule has 0 saturated carbocycles. The first-order chi connectivity index (χ1) is 8.85. The van der Waals surface area contributed by atoms with E-state index in [2.05, 4.69) is 20.7 Å². The number of rotatable bonds is 6. The van der Waals surface area contributed by atoms with Crippen LogP contribution in [0.15, 0.2) is 12.1 Å². The van der Waals surface area contributed by atoms with Crippen LogP contribution in [-0.2, 0) is 16.5 Å². The number of benzene rings is 1. The highest BCUT2D eigenvalue weighted by Crippen LogP contribution is 2.33. The van der Waals surface area contributed by atoms with Crippen LogP contribution in [0.3, 0.4) is 0 Å². The van der Waals surface area contributed by atoms with Crippen molar-refractivity contribution in [1.29, 1.82) is 0 Å². The first-order valence-electron chi connectivity index (χ1n) is 4.88. The maximum atomic E-state index is 12.2. The first-order valence-corrected chi connectivity index (χ1v) is 6.00. The molecule has 1 aromatic rings. The average molecular weight is 340 g/mol. The van der Waals surface area contributed by atoms with E-state index >= 15 is 0 Å². The lowest BCUT2D eigenvalue weighted by molar-refractivity contribution is -0.386. The summed E-state index contributed by atoms with van der Waals surface area (Å²) in [7, 11) is 0. The molecule has 0 spiro atoms. The summed E-state index contributed by atoms with van der Waals surface area (Å²) >= 11 is 3.05. The Morgan fingerprint density at radius 3 is 2.53 bits per heavy atom. The second-order valence-corrected chi connectivity index (χ2v) is 3.99. The van der Waals surface area contributed by atoms with E-state index in [-0.39, 0.29) is 10.9 Å². The molecular formula is C10H8BrF2NO5. The van der Waals surface area contributed by atoms with Crippen molar-refractivity contribution in [3.05, 3.63) is 33.4 Å². The Morgan fingerprint density at radius 1 is 1.47 bits per heavy atom. The largest absolute Gasteiger partial charge is 0.481 e. The van der Waals surface area contributed by atoms with Crippen LogP contribution in [-0.4, -0.2) is 22.6 Å². The number of carboxylic acid groups (broad SMARTS) is 1. The molecule has 1 aromatic carbocycles. The Bertz CT molecular complexity index is 509. The predicted octanol–water partition coefficient (Wildman–Crippen LogP) is 2.72. The van der Waals surface area contributed by atoms with Crippen molar-refractivity contribution in [3.63, 3.8) is 0 Å². The number of hydrogen-bond donors (Lipinski definition) is 1. The van der Waals surface area contributed by atoms with Gasteiger partial charge in [-0.1, -0.05) is 15.9 Å². The molecule has 19 heavy (non-hydrogen) atoms. The number of halogens is 3. The molecule has 0 unspecified atom stereocenters. The normalized spacial score (nSPS) is 10.5. The van der Waals surface area contributed by atoms with E-state index in [1.165, 1.54) is 0 Å². The molecule has 0 bridgehead atoms. The van der Waals surface area contributed by atoms with Gasteiger partial charge in [0.2, 0.25) is 5.75 Å². The van der Waals surface area contributed by atoms with Gasteiger partial charge in [0.25, 0.3) is 0 Å². The van der Waals surface area contributed by atoms with Crippen molar-refractivity contribution in [1.82, 2.24) is 0 Å². The lowest BCUT2D eigenvalue weighted by Crippen LogP contribution is -2.08. The van der Waals surface area contributed by atoms with Crippen molar-refractivity contribution in [2.24, 2.45) is 0 Å². The van der Waals surface area contributed by atoms with Gasteiger partial charge in [0.05, 0.1) is 11.3 Å². The number of hydrogen-bond acceptors (Lipinski definition) is 4. The molecule has 0 amide bonds. The number of ether oxygens (including phenoxy) is 1. The first kappa shape index (κ1) is 15.3. The third-order valence-electron chi connectivity index (χ3n) is 2.18. The highest BCUT2D eigenvalue weighted by atomic mass is 79.9. The van der Waals surface area contributed by atoms with Crippen molar-refractivity contribution in [2.75, 3.05) is 0 Å². The van der Waals surface area contributed by atoms with Crippen LogP contribution in [0.1, 0.15) is 11.1 Å². The molecule has 1 rings (SSSR count). The average Bonchev–Trinajstić information content (AvgIpc) is 2.27. The third-order valence-corrected chi connectivity index (χ3v) is 2.78. The summed E-state index contributed by atoms with van der Waals surface area (Å²) in [5.74, 6) is -1.83. The van der Waals surface area contributed by atoms with Crippen LogP contribution >= 0.6 is 15.9 Å². The van der Waals surface area contributed by atoms with Crippen molar-refractivity contribution < 1.29 is 28.3 Å². The Balaban J connectivity index is 3.33. The Hall–Kier alpha value is -1.77. The molecule has 0 aliphatic heterocycles. The number of aliphatic carboxylic acids is 1. The fourth-order valence-electron chi connectivity index (χ4n) is 1.44. The lowest BCUT2D eigenvalue weighted by atomic mass is 10.0. The fourth-order valence-corrected chi connectivity index (χ4v) is 1.96. The number of nitrogens with zero attached hydrogens (tertiary/aromatic N) is 1. The van der Waals surface area contributed by atoms with Gasteiger partial charge in [-0.15, -0.1) is 0 Å². The molecule has 0 heterocycles. The maximum Gasteiger partial charge on any atom is 0.387 e. The monoisotopic (exact) mass is 339 g/mol. The molecule has 0 radical (unpaired) electrons. The molecule has 0 aliphatic rings.